The topological polar surface area (TPSA) is 37.4 Å². The predicted octanol–water partition coefficient (Wildman–Crippen LogP) is 2.49. The molecule has 0 unspecified atom stereocenters. The number of fused-ring (bicyclic) bond motifs is 1. The van der Waals surface area contributed by atoms with Crippen LogP contribution in [0.5, 0.6) is 0 Å². The molecular weight excluding hydrogens is 276 g/mol. The first-order valence-electron chi connectivity index (χ1n) is 7.60. The summed E-state index contributed by atoms with van der Waals surface area (Å²) in [5.74, 6) is -0.376. The van der Waals surface area contributed by atoms with E-state index >= 15 is 0 Å². The molecule has 0 radical (unpaired) electrons. The molecule has 0 fully saturated rings. The maximum atomic E-state index is 12.4. The molecule has 0 N–H and O–H groups in total. The van der Waals surface area contributed by atoms with Crippen molar-refractivity contribution in [1.82, 2.24) is 4.90 Å². The minimum absolute atomic E-state index is 0.188. The van der Waals surface area contributed by atoms with Crippen molar-refractivity contribution >= 4 is 11.8 Å². The summed E-state index contributed by atoms with van der Waals surface area (Å²) in [7, 11) is 0. The first-order chi connectivity index (χ1) is 10.6. The summed E-state index contributed by atoms with van der Waals surface area (Å²) < 4.78 is 0.750. The average molecular weight is 299 g/mol. The summed E-state index contributed by atoms with van der Waals surface area (Å²) in [4.78, 5) is 26.1. The molecule has 22 heavy (non-hydrogen) atoms. The Morgan fingerprint density at radius 2 is 1.55 bits per heavy atom. The van der Waals surface area contributed by atoms with Crippen molar-refractivity contribution in [3.8, 4) is 0 Å². The normalized spacial score (nSPS) is 14.1. The Morgan fingerprint density at radius 1 is 1.05 bits per heavy atom. The maximum Gasteiger partial charge on any atom is 0.261 e. The average Bonchev–Trinajstić information content (AvgIpc) is 2.78. The van der Waals surface area contributed by atoms with Crippen molar-refractivity contribution in [1.29, 1.82) is 0 Å². The van der Waals surface area contributed by atoms with E-state index in [0.717, 1.165) is 24.1 Å². The molecule has 0 saturated heterocycles. The summed E-state index contributed by atoms with van der Waals surface area (Å²) in [5, 5.41) is 0. The molecule has 2 rings (SSSR count). The van der Waals surface area contributed by atoms with Gasteiger partial charge in [-0.05, 0) is 31.2 Å². The number of carbonyl (C=O) groups excluding carboxylic acids is 2. The van der Waals surface area contributed by atoms with Crippen LogP contribution in [0.25, 0.3) is 0 Å². The fourth-order valence-corrected chi connectivity index (χ4v) is 2.98. The van der Waals surface area contributed by atoms with Crippen LogP contribution < -0.4 is 0 Å². The zero-order valence-electron chi connectivity index (χ0n) is 13.1. The minimum atomic E-state index is -0.188. The second-order valence-corrected chi connectivity index (χ2v) is 5.63. The Hall–Kier alpha value is -2.20. The van der Waals surface area contributed by atoms with Crippen molar-refractivity contribution in [3.05, 3.63) is 60.7 Å². The molecule has 4 nitrogen and oxygen atoms in total. The molecule has 1 aromatic rings. The molecule has 4 heteroatoms. The Bertz CT molecular complexity index is 562. The van der Waals surface area contributed by atoms with E-state index < -0.39 is 0 Å². The van der Waals surface area contributed by atoms with E-state index in [2.05, 4.69) is 20.1 Å². The van der Waals surface area contributed by atoms with E-state index in [-0.39, 0.29) is 11.8 Å². The molecule has 0 aromatic heterocycles. The lowest BCUT2D eigenvalue weighted by Gasteiger charge is -2.37. The van der Waals surface area contributed by atoms with Gasteiger partial charge in [-0.15, -0.1) is 0 Å². The van der Waals surface area contributed by atoms with Crippen LogP contribution >= 0.6 is 0 Å². The largest absolute Gasteiger partial charge is 0.316 e. The molecular formula is C18H23N2O2+. The Labute approximate surface area is 131 Å². The highest BCUT2D eigenvalue weighted by Gasteiger charge is 2.36. The van der Waals surface area contributed by atoms with Gasteiger partial charge in [0.1, 0.15) is 0 Å². The first-order valence-corrected chi connectivity index (χ1v) is 7.60. The number of rotatable bonds is 8. The fraction of sp³-hybridized carbons (Fsp3) is 0.333. The highest BCUT2D eigenvalue weighted by Crippen LogP contribution is 2.22. The number of carbonyl (C=O) groups is 2. The Morgan fingerprint density at radius 3 is 1.95 bits per heavy atom. The van der Waals surface area contributed by atoms with Crippen LogP contribution in [0.1, 0.15) is 27.6 Å². The monoisotopic (exact) mass is 299 g/mol. The van der Waals surface area contributed by atoms with Gasteiger partial charge >= 0.3 is 0 Å². The molecule has 1 aliphatic rings. The second-order valence-electron chi connectivity index (χ2n) is 5.63. The maximum absolute atomic E-state index is 12.4. The number of hydrogen-bond donors (Lipinski definition) is 0. The number of hydrogen-bond acceptors (Lipinski definition) is 2. The quantitative estimate of drug-likeness (QED) is 0.420. The molecule has 1 aromatic carbocycles. The third-order valence-electron chi connectivity index (χ3n) is 4.38. The van der Waals surface area contributed by atoms with Gasteiger partial charge in [0.2, 0.25) is 0 Å². The lowest BCUT2D eigenvalue weighted by molar-refractivity contribution is -0.915. The lowest BCUT2D eigenvalue weighted by Crippen LogP contribution is -2.52. The second kappa shape index (κ2) is 6.71. The molecule has 1 heterocycles. The molecule has 0 spiro atoms. The molecule has 2 amide bonds. The molecule has 0 aliphatic carbocycles. The van der Waals surface area contributed by atoms with Crippen LogP contribution in [0.2, 0.25) is 0 Å². The number of imide groups is 1. The smallest absolute Gasteiger partial charge is 0.261 e. The van der Waals surface area contributed by atoms with Crippen LogP contribution in [-0.4, -0.2) is 53.9 Å². The summed E-state index contributed by atoms with van der Waals surface area (Å²) in [6.07, 6.45) is 3.77. The molecule has 116 valence electrons. The Kier molecular flexibility index (Phi) is 4.93. The standard InChI is InChI=1S/C18H23N2O2/c1-4-12-20(6-3,13-5-2)14-11-19-17(21)15-9-7-8-10-16(15)18(19)22/h4-5,7-10H,1-2,6,11-14H2,3H3/q+1. The van der Waals surface area contributed by atoms with Crippen molar-refractivity contribution in [2.75, 3.05) is 32.7 Å². The van der Waals surface area contributed by atoms with Gasteiger partial charge in [0.15, 0.2) is 0 Å². The number of nitrogens with zero attached hydrogens (tertiary/aromatic N) is 2. The van der Waals surface area contributed by atoms with Gasteiger partial charge in [-0.3, -0.25) is 14.5 Å². The zero-order valence-corrected chi connectivity index (χ0v) is 13.1. The van der Waals surface area contributed by atoms with Crippen LogP contribution in [0.15, 0.2) is 49.6 Å². The minimum Gasteiger partial charge on any atom is -0.316 e. The zero-order chi connectivity index (χ0) is 16.2. The fourth-order valence-electron chi connectivity index (χ4n) is 2.98. The summed E-state index contributed by atoms with van der Waals surface area (Å²) in [6, 6.07) is 7.00. The highest BCUT2D eigenvalue weighted by atomic mass is 16.2. The van der Waals surface area contributed by atoms with Gasteiger partial charge in [-0.1, -0.05) is 25.3 Å². The van der Waals surface area contributed by atoms with Crippen LogP contribution in [-0.2, 0) is 0 Å². The van der Waals surface area contributed by atoms with E-state index in [1.807, 2.05) is 12.2 Å². The highest BCUT2D eigenvalue weighted by molar-refractivity contribution is 6.21. The molecule has 0 saturated carbocycles. The van der Waals surface area contributed by atoms with Crippen molar-refractivity contribution in [2.24, 2.45) is 0 Å². The SMILES string of the molecule is C=CC[N+](CC)(CC=C)CCN1C(=O)c2ccccc2C1=O. The van der Waals surface area contributed by atoms with Gasteiger partial charge in [-0.25, -0.2) is 0 Å². The Balaban J connectivity index is 2.14. The van der Waals surface area contributed by atoms with E-state index in [0.29, 0.717) is 24.2 Å². The molecule has 0 atom stereocenters. The number of quaternary nitrogens is 1. The van der Waals surface area contributed by atoms with Gasteiger partial charge in [0.05, 0.1) is 43.9 Å². The van der Waals surface area contributed by atoms with E-state index in [1.54, 1.807) is 24.3 Å². The van der Waals surface area contributed by atoms with Gasteiger partial charge in [0, 0.05) is 0 Å². The lowest BCUT2D eigenvalue weighted by atomic mass is 10.1. The van der Waals surface area contributed by atoms with Gasteiger partial charge < -0.3 is 4.48 Å². The first kappa shape index (κ1) is 16.2. The summed E-state index contributed by atoms with van der Waals surface area (Å²) in [6.45, 7) is 13.4. The predicted molar refractivity (Wildman–Crippen MR) is 87.6 cm³/mol. The van der Waals surface area contributed by atoms with Crippen molar-refractivity contribution < 1.29 is 14.1 Å². The molecule has 1 aliphatic heterocycles. The third-order valence-corrected chi connectivity index (χ3v) is 4.38. The van der Waals surface area contributed by atoms with E-state index in [4.69, 9.17) is 0 Å². The van der Waals surface area contributed by atoms with Gasteiger partial charge in [-0.2, -0.15) is 0 Å². The van der Waals surface area contributed by atoms with E-state index in [9.17, 15) is 9.59 Å². The van der Waals surface area contributed by atoms with Gasteiger partial charge in [0.25, 0.3) is 11.8 Å². The number of amides is 2. The number of benzene rings is 1. The van der Waals surface area contributed by atoms with Crippen LogP contribution in [0, 0.1) is 0 Å². The van der Waals surface area contributed by atoms with Crippen LogP contribution in [0.4, 0.5) is 0 Å². The summed E-state index contributed by atoms with van der Waals surface area (Å²) >= 11 is 0. The summed E-state index contributed by atoms with van der Waals surface area (Å²) in [5.41, 5.74) is 1.02. The number of likely N-dealkylation sites (N-methyl/N-ethyl adjacent to an activating group) is 1. The van der Waals surface area contributed by atoms with Crippen molar-refractivity contribution in [2.45, 2.75) is 6.92 Å². The third kappa shape index (κ3) is 2.88. The van der Waals surface area contributed by atoms with Crippen molar-refractivity contribution in [3.63, 3.8) is 0 Å². The molecule has 0 bridgehead atoms. The van der Waals surface area contributed by atoms with E-state index in [1.165, 1.54) is 4.90 Å². The van der Waals surface area contributed by atoms with Crippen LogP contribution in [0.3, 0.4) is 0 Å².